The molecule has 1 atom stereocenters. The predicted molar refractivity (Wildman–Crippen MR) is 51.0 cm³/mol. The Bertz CT molecular complexity index is 336. The molecule has 0 saturated carbocycles. The second kappa shape index (κ2) is 3.65. The van der Waals surface area contributed by atoms with Crippen LogP contribution in [-0.2, 0) is 0 Å². The lowest BCUT2D eigenvalue weighted by molar-refractivity contribution is 0.0951. The maximum absolute atomic E-state index is 13.4. The fourth-order valence-electron chi connectivity index (χ4n) is 1.94. The predicted octanol–water partition coefficient (Wildman–Crippen LogP) is 2.73. The van der Waals surface area contributed by atoms with Gasteiger partial charge in [0.05, 0.1) is 0 Å². The lowest BCUT2D eigenvalue weighted by Gasteiger charge is -2.40. The molecule has 1 saturated heterocycles. The molecule has 1 heterocycles. The van der Waals surface area contributed by atoms with Gasteiger partial charge in [-0.15, -0.1) is 0 Å². The van der Waals surface area contributed by atoms with E-state index in [0.717, 1.165) is 25.6 Å². The maximum Gasteiger partial charge on any atom is 0.128 e. The highest BCUT2D eigenvalue weighted by Gasteiger charge is 2.29. The molecule has 1 aliphatic rings. The van der Waals surface area contributed by atoms with E-state index in [9.17, 15) is 8.78 Å². The van der Waals surface area contributed by atoms with E-state index < -0.39 is 0 Å². The fraction of sp³-hybridized carbons (Fsp3) is 0.455. The van der Waals surface area contributed by atoms with Gasteiger partial charge in [0.2, 0.25) is 0 Å². The van der Waals surface area contributed by atoms with Gasteiger partial charge < -0.3 is 0 Å². The molecule has 3 heteroatoms. The number of halogens is 2. The van der Waals surface area contributed by atoms with Gasteiger partial charge in [-0.3, -0.25) is 4.90 Å². The van der Waals surface area contributed by atoms with Crippen LogP contribution in [-0.4, -0.2) is 18.0 Å². The van der Waals surface area contributed by atoms with Gasteiger partial charge in [0.15, 0.2) is 0 Å². The van der Waals surface area contributed by atoms with Crippen LogP contribution in [0.5, 0.6) is 0 Å². The van der Waals surface area contributed by atoms with Crippen molar-refractivity contribution >= 4 is 0 Å². The minimum absolute atomic E-state index is 0.0794. The average molecular weight is 197 g/mol. The van der Waals surface area contributed by atoms with Crippen LogP contribution in [0.3, 0.4) is 0 Å². The molecule has 1 nitrogen and oxygen atoms in total. The summed E-state index contributed by atoms with van der Waals surface area (Å²) in [6.45, 7) is 3.90. The second-order valence-corrected chi connectivity index (χ2v) is 3.60. The van der Waals surface area contributed by atoms with Crippen LogP contribution in [0.25, 0.3) is 0 Å². The van der Waals surface area contributed by atoms with E-state index in [0.29, 0.717) is 5.56 Å². The molecule has 0 amide bonds. The summed E-state index contributed by atoms with van der Waals surface area (Å²) >= 11 is 0. The first-order valence-corrected chi connectivity index (χ1v) is 4.91. The summed E-state index contributed by atoms with van der Waals surface area (Å²) in [6.07, 6.45) is 0.925. The maximum atomic E-state index is 13.4. The average Bonchev–Trinajstić information content (AvgIpc) is 2.10. The molecule has 0 aromatic heterocycles. The first-order valence-electron chi connectivity index (χ1n) is 4.91. The van der Waals surface area contributed by atoms with Crippen molar-refractivity contribution in [3.05, 3.63) is 35.4 Å². The van der Waals surface area contributed by atoms with Crippen LogP contribution in [0.4, 0.5) is 8.78 Å². The summed E-state index contributed by atoms with van der Waals surface area (Å²) in [7, 11) is 0. The molecular weight excluding hydrogens is 184 g/mol. The van der Waals surface area contributed by atoms with Gasteiger partial charge >= 0.3 is 0 Å². The van der Waals surface area contributed by atoms with E-state index in [4.69, 9.17) is 0 Å². The summed E-state index contributed by atoms with van der Waals surface area (Å²) in [4.78, 5) is 2.14. The van der Waals surface area contributed by atoms with Crippen LogP contribution in [0.15, 0.2) is 18.2 Å². The molecule has 0 aliphatic carbocycles. The van der Waals surface area contributed by atoms with Crippen LogP contribution in [0.2, 0.25) is 0 Å². The smallest absolute Gasteiger partial charge is 0.128 e. The molecule has 0 N–H and O–H groups in total. The monoisotopic (exact) mass is 197 g/mol. The van der Waals surface area contributed by atoms with Crippen molar-refractivity contribution in [1.29, 1.82) is 0 Å². The minimum atomic E-state index is -0.357. The molecule has 0 bridgehead atoms. The van der Waals surface area contributed by atoms with Crippen LogP contribution >= 0.6 is 0 Å². The number of hydrogen-bond donors (Lipinski definition) is 0. The van der Waals surface area contributed by atoms with Crippen molar-refractivity contribution in [2.75, 3.05) is 13.1 Å². The third kappa shape index (κ3) is 1.52. The molecule has 1 aliphatic heterocycles. The Morgan fingerprint density at radius 1 is 1.43 bits per heavy atom. The first-order chi connectivity index (χ1) is 6.72. The van der Waals surface area contributed by atoms with E-state index in [1.807, 2.05) is 6.92 Å². The molecule has 1 aromatic carbocycles. The lowest BCUT2D eigenvalue weighted by atomic mass is 9.94. The van der Waals surface area contributed by atoms with Gasteiger partial charge in [0, 0.05) is 18.2 Å². The molecule has 0 spiro atoms. The largest absolute Gasteiger partial charge is 0.296 e. The van der Waals surface area contributed by atoms with Crippen molar-refractivity contribution in [3.63, 3.8) is 0 Å². The molecule has 76 valence electrons. The topological polar surface area (TPSA) is 3.24 Å². The Balaban J connectivity index is 2.27. The highest BCUT2D eigenvalue weighted by atomic mass is 19.1. The van der Waals surface area contributed by atoms with E-state index in [1.54, 1.807) is 0 Å². The third-order valence-corrected chi connectivity index (χ3v) is 2.85. The zero-order valence-electron chi connectivity index (χ0n) is 8.13. The Morgan fingerprint density at radius 2 is 2.21 bits per heavy atom. The summed E-state index contributed by atoms with van der Waals surface area (Å²) in [5, 5.41) is 0. The van der Waals surface area contributed by atoms with Crippen molar-refractivity contribution in [2.45, 2.75) is 19.4 Å². The van der Waals surface area contributed by atoms with Crippen LogP contribution in [0.1, 0.15) is 24.9 Å². The van der Waals surface area contributed by atoms with Crippen LogP contribution < -0.4 is 0 Å². The van der Waals surface area contributed by atoms with Gasteiger partial charge in [0.25, 0.3) is 0 Å². The zero-order valence-corrected chi connectivity index (χ0v) is 8.13. The SMILES string of the molecule is CCN1CCC1c1cc(F)ccc1F. The van der Waals surface area contributed by atoms with E-state index in [1.165, 1.54) is 12.1 Å². The summed E-state index contributed by atoms with van der Waals surface area (Å²) < 4.78 is 26.3. The van der Waals surface area contributed by atoms with Crippen molar-refractivity contribution in [2.24, 2.45) is 0 Å². The number of likely N-dealkylation sites (tertiary alicyclic amines) is 1. The molecule has 1 unspecified atom stereocenters. The van der Waals surface area contributed by atoms with Gasteiger partial charge in [0.1, 0.15) is 11.6 Å². The zero-order chi connectivity index (χ0) is 10.1. The van der Waals surface area contributed by atoms with Gasteiger partial charge in [-0.1, -0.05) is 6.92 Å². The van der Waals surface area contributed by atoms with Gasteiger partial charge in [-0.25, -0.2) is 8.78 Å². The third-order valence-electron chi connectivity index (χ3n) is 2.85. The minimum Gasteiger partial charge on any atom is -0.296 e. The number of hydrogen-bond acceptors (Lipinski definition) is 1. The number of nitrogens with zero attached hydrogens (tertiary/aromatic N) is 1. The highest BCUT2D eigenvalue weighted by Crippen LogP contribution is 2.34. The number of benzene rings is 1. The second-order valence-electron chi connectivity index (χ2n) is 3.60. The van der Waals surface area contributed by atoms with E-state index in [2.05, 4.69) is 4.90 Å². The lowest BCUT2D eigenvalue weighted by Crippen LogP contribution is -2.40. The standard InChI is InChI=1S/C11H13F2N/c1-2-14-6-5-11(14)9-7-8(12)3-4-10(9)13/h3-4,7,11H,2,5-6H2,1H3. The molecular formula is C11H13F2N. The van der Waals surface area contributed by atoms with E-state index >= 15 is 0 Å². The fourth-order valence-corrected chi connectivity index (χ4v) is 1.94. The van der Waals surface area contributed by atoms with E-state index in [-0.39, 0.29) is 17.7 Å². The van der Waals surface area contributed by atoms with Crippen LogP contribution in [0, 0.1) is 11.6 Å². The molecule has 1 aromatic rings. The number of rotatable bonds is 2. The Kier molecular flexibility index (Phi) is 2.50. The Hall–Kier alpha value is -0.960. The van der Waals surface area contributed by atoms with Gasteiger partial charge in [-0.05, 0) is 31.2 Å². The molecule has 1 fully saturated rings. The van der Waals surface area contributed by atoms with Crippen molar-refractivity contribution < 1.29 is 8.78 Å². The van der Waals surface area contributed by atoms with Crippen molar-refractivity contribution in [3.8, 4) is 0 Å². The summed E-state index contributed by atoms with van der Waals surface area (Å²) in [6, 6.07) is 3.75. The molecule has 14 heavy (non-hydrogen) atoms. The molecule has 0 radical (unpaired) electrons. The normalized spacial score (nSPS) is 22.1. The quantitative estimate of drug-likeness (QED) is 0.704. The highest BCUT2D eigenvalue weighted by molar-refractivity contribution is 5.24. The Morgan fingerprint density at radius 3 is 2.79 bits per heavy atom. The summed E-state index contributed by atoms with van der Waals surface area (Å²) in [5.41, 5.74) is 0.498. The summed E-state index contributed by atoms with van der Waals surface area (Å²) in [5.74, 6) is -0.654. The van der Waals surface area contributed by atoms with Crippen molar-refractivity contribution in [1.82, 2.24) is 4.90 Å². The first kappa shape index (κ1) is 9.59. The van der Waals surface area contributed by atoms with Gasteiger partial charge in [-0.2, -0.15) is 0 Å². The Labute approximate surface area is 82.3 Å². The molecule has 2 rings (SSSR count).